The lowest BCUT2D eigenvalue weighted by Gasteiger charge is -2.04. The van der Waals surface area contributed by atoms with Crippen molar-refractivity contribution < 1.29 is 9.53 Å². The van der Waals surface area contributed by atoms with Gasteiger partial charge in [0, 0.05) is 19.2 Å². The number of Topliss-reactive ketones (excluding diaryl/α,β-unsaturated/α-hetero) is 1. The molecule has 0 aliphatic carbocycles. The van der Waals surface area contributed by atoms with Crippen molar-refractivity contribution >= 4 is 5.78 Å². The molecule has 0 spiro atoms. The Morgan fingerprint density at radius 3 is 2.40 bits per heavy atom. The molecule has 0 aliphatic rings. The van der Waals surface area contributed by atoms with E-state index in [0.717, 1.165) is 34.7 Å². The zero-order chi connectivity index (χ0) is 14.7. The zero-order valence-electron chi connectivity index (χ0n) is 12.4. The normalized spacial score (nSPS) is 10.6. The topological polar surface area (TPSA) is 44.1 Å². The van der Waals surface area contributed by atoms with Crippen LogP contribution in [0.2, 0.25) is 0 Å². The summed E-state index contributed by atoms with van der Waals surface area (Å²) in [5.74, 6) is 0.989. The van der Waals surface area contributed by atoms with Crippen LogP contribution in [0.15, 0.2) is 24.3 Å². The van der Waals surface area contributed by atoms with Gasteiger partial charge in [0.15, 0.2) is 5.78 Å². The Labute approximate surface area is 119 Å². The molecule has 0 N–H and O–H groups in total. The summed E-state index contributed by atoms with van der Waals surface area (Å²) in [6.07, 6.45) is 1.23. The van der Waals surface area contributed by atoms with Gasteiger partial charge in [0.2, 0.25) is 0 Å². The minimum atomic E-state index is 0.156. The van der Waals surface area contributed by atoms with Gasteiger partial charge in [-0.2, -0.15) is 5.10 Å². The molecule has 106 valence electrons. The molecule has 2 aromatic rings. The van der Waals surface area contributed by atoms with Crippen molar-refractivity contribution in [2.24, 2.45) is 7.05 Å². The second-order valence-corrected chi connectivity index (χ2v) is 4.94. The first-order chi connectivity index (χ1) is 9.52. The van der Waals surface area contributed by atoms with Gasteiger partial charge in [-0.15, -0.1) is 0 Å². The number of methoxy groups -OCH3 is 1. The van der Waals surface area contributed by atoms with Gasteiger partial charge >= 0.3 is 0 Å². The molecule has 0 radical (unpaired) electrons. The van der Waals surface area contributed by atoms with E-state index in [1.807, 2.05) is 45.2 Å². The third kappa shape index (κ3) is 2.90. The smallest absolute Gasteiger partial charge is 0.166 e. The van der Waals surface area contributed by atoms with Gasteiger partial charge in [-0.3, -0.25) is 9.48 Å². The van der Waals surface area contributed by atoms with Crippen molar-refractivity contribution in [3.63, 3.8) is 0 Å². The maximum atomic E-state index is 12.3. The van der Waals surface area contributed by atoms with Crippen LogP contribution < -0.4 is 4.74 Å². The van der Waals surface area contributed by atoms with E-state index in [4.69, 9.17) is 4.74 Å². The number of carbonyl (C=O) groups excluding carboxylic acids is 1. The van der Waals surface area contributed by atoms with Crippen molar-refractivity contribution in [1.29, 1.82) is 0 Å². The van der Waals surface area contributed by atoms with Crippen LogP contribution in [0.5, 0.6) is 5.75 Å². The zero-order valence-corrected chi connectivity index (χ0v) is 12.4. The largest absolute Gasteiger partial charge is 0.497 e. The Morgan fingerprint density at radius 1 is 1.25 bits per heavy atom. The third-order valence-corrected chi connectivity index (χ3v) is 3.59. The number of aryl methyl sites for hydroxylation is 3. The Morgan fingerprint density at radius 2 is 1.90 bits per heavy atom. The highest BCUT2D eigenvalue weighted by Gasteiger charge is 2.16. The van der Waals surface area contributed by atoms with Crippen LogP contribution in [0.25, 0.3) is 0 Å². The fourth-order valence-electron chi connectivity index (χ4n) is 2.35. The Balaban J connectivity index is 2.04. The second kappa shape index (κ2) is 5.90. The fraction of sp³-hybridized carbons (Fsp3) is 0.375. The van der Waals surface area contributed by atoms with E-state index in [9.17, 15) is 4.79 Å². The lowest BCUT2D eigenvalue weighted by Crippen LogP contribution is -2.04. The maximum absolute atomic E-state index is 12.3. The van der Waals surface area contributed by atoms with E-state index < -0.39 is 0 Å². The van der Waals surface area contributed by atoms with E-state index >= 15 is 0 Å². The lowest BCUT2D eigenvalue weighted by molar-refractivity contribution is 0.0981. The second-order valence-electron chi connectivity index (χ2n) is 4.94. The summed E-state index contributed by atoms with van der Waals surface area (Å²) in [4.78, 5) is 12.3. The van der Waals surface area contributed by atoms with Crippen LogP contribution in [-0.4, -0.2) is 22.7 Å². The van der Waals surface area contributed by atoms with Crippen molar-refractivity contribution in [3.05, 3.63) is 46.8 Å². The summed E-state index contributed by atoms with van der Waals surface area (Å²) in [7, 11) is 3.51. The number of ether oxygens (including phenoxy) is 1. The van der Waals surface area contributed by atoms with Crippen molar-refractivity contribution in [2.75, 3.05) is 7.11 Å². The number of aromatic nitrogens is 2. The molecular weight excluding hydrogens is 252 g/mol. The first-order valence-electron chi connectivity index (χ1n) is 6.69. The molecule has 0 aliphatic heterocycles. The number of carbonyl (C=O) groups is 1. The number of rotatable bonds is 5. The van der Waals surface area contributed by atoms with Gasteiger partial charge < -0.3 is 4.74 Å². The van der Waals surface area contributed by atoms with E-state index in [2.05, 4.69) is 5.10 Å². The van der Waals surface area contributed by atoms with Crippen molar-refractivity contribution in [1.82, 2.24) is 9.78 Å². The highest BCUT2D eigenvalue weighted by molar-refractivity contribution is 5.98. The predicted molar refractivity (Wildman–Crippen MR) is 78.3 cm³/mol. The SMILES string of the molecule is COc1ccc(CCC(=O)c2c(C)nn(C)c2C)cc1. The maximum Gasteiger partial charge on any atom is 0.166 e. The highest BCUT2D eigenvalue weighted by Crippen LogP contribution is 2.17. The molecule has 1 aromatic heterocycles. The van der Waals surface area contributed by atoms with Gasteiger partial charge in [0.1, 0.15) is 5.75 Å². The number of ketones is 1. The minimum absolute atomic E-state index is 0.156. The summed E-state index contributed by atoms with van der Waals surface area (Å²) in [6.45, 7) is 3.81. The number of hydrogen-bond acceptors (Lipinski definition) is 3. The van der Waals surface area contributed by atoms with Gasteiger partial charge in [-0.25, -0.2) is 0 Å². The van der Waals surface area contributed by atoms with Crippen molar-refractivity contribution in [3.8, 4) is 5.75 Å². The summed E-state index contributed by atoms with van der Waals surface area (Å²) in [5, 5.41) is 4.29. The molecular formula is C16H20N2O2. The molecule has 1 heterocycles. The van der Waals surface area contributed by atoms with Gasteiger partial charge in [-0.1, -0.05) is 12.1 Å². The van der Waals surface area contributed by atoms with E-state index in [-0.39, 0.29) is 5.78 Å². The van der Waals surface area contributed by atoms with E-state index in [1.54, 1.807) is 11.8 Å². The van der Waals surface area contributed by atoms with Crippen LogP contribution in [0.4, 0.5) is 0 Å². The Bertz CT molecular complexity index is 612. The highest BCUT2D eigenvalue weighted by atomic mass is 16.5. The van der Waals surface area contributed by atoms with E-state index in [0.29, 0.717) is 6.42 Å². The van der Waals surface area contributed by atoms with Crippen molar-refractivity contribution in [2.45, 2.75) is 26.7 Å². The molecule has 0 unspecified atom stereocenters. The molecule has 4 heteroatoms. The molecule has 0 saturated carbocycles. The molecule has 0 saturated heterocycles. The molecule has 0 fully saturated rings. The lowest BCUT2D eigenvalue weighted by atomic mass is 10.0. The molecule has 0 bridgehead atoms. The number of nitrogens with zero attached hydrogens (tertiary/aromatic N) is 2. The monoisotopic (exact) mass is 272 g/mol. The number of benzene rings is 1. The van der Waals surface area contributed by atoms with Gasteiger partial charge in [0.05, 0.1) is 18.4 Å². The van der Waals surface area contributed by atoms with Gasteiger partial charge in [0.25, 0.3) is 0 Å². The van der Waals surface area contributed by atoms with E-state index in [1.165, 1.54) is 0 Å². The molecule has 1 aromatic carbocycles. The average Bonchev–Trinajstić information content (AvgIpc) is 2.70. The standard InChI is InChI=1S/C16H20N2O2/c1-11-16(12(2)18(3)17-11)15(19)10-7-13-5-8-14(20-4)9-6-13/h5-6,8-9H,7,10H2,1-4H3. The molecule has 0 amide bonds. The Hall–Kier alpha value is -2.10. The average molecular weight is 272 g/mol. The van der Waals surface area contributed by atoms with Crippen LogP contribution in [-0.2, 0) is 13.5 Å². The first-order valence-corrected chi connectivity index (χ1v) is 6.69. The minimum Gasteiger partial charge on any atom is -0.497 e. The van der Waals surface area contributed by atoms with Crippen LogP contribution in [0, 0.1) is 13.8 Å². The van der Waals surface area contributed by atoms with Crippen LogP contribution >= 0.6 is 0 Å². The first kappa shape index (κ1) is 14.3. The molecule has 2 rings (SSSR count). The third-order valence-electron chi connectivity index (χ3n) is 3.59. The summed E-state index contributed by atoms with van der Waals surface area (Å²) >= 11 is 0. The summed E-state index contributed by atoms with van der Waals surface area (Å²) < 4.78 is 6.88. The summed E-state index contributed by atoms with van der Waals surface area (Å²) in [6, 6.07) is 7.82. The number of hydrogen-bond donors (Lipinski definition) is 0. The summed E-state index contributed by atoms with van der Waals surface area (Å²) in [5.41, 5.74) is 3.64. The van der Waals surface area contributed by atoms with Gasteiger partial charge in [-0.05, 0) is 38.0 Å². The quantitative estimate of drug-likeness (QED) is 0.786. The van der Waals surface area contributed by atoms with Crippen LogP contribution in [0.3, 0.4) is 0 Å². The van der Waals surface area contributed by atoms with Crippen LogP contribution in [0.1, 0.15) is 33.7 Å². The molecule has 0 atom stereocenters. The molecule has 20 heavy (non-hydrogen) atoms. The predicted octanol–water partition coefficient (Wildman–Crippen LogP) is 2.86. The molecule has 4 nitrogen and oxygen atoms in total. The fourth-order valence-corrected chi connectivity index (χ4v) is 2.35. The Kier molecular flexibility index (Phi) is 4.23.